The number of aromatic nitrogens is 1. The highest BCUT2D eigenvalue weighted by atomic mass is 16.5. The van der Waals surface area contributed by atoms with E-state index in [0.717, 1.165) is 22.6 Å². The van der Waals surface area contributed by atoms with Gasteiger partial charge in [-0.1, -0.05) is 0 Å². The van der Waals surface area contributed by atoms with Crippen molar-refractivity contribution < 1.29 is 9.84 Å². The molecule has 1 heterocycles. The Kier molecular flexibility index (Phi) is 3.92. The third-order valence-electron chi connectivity index (χ3n) is 3.65. The molecule has 1 aromatic heterocycles. The van der Waals surface area contributed by atoms with Gasteiger partial charge in [-0.25, -0.2) is 0 Å². The lowest BCUT2D eigenvalue weighted by atomic mass is 9.98. The fraction of sp³-hybridized carbons (Fsp3) is 0.353. The molecule has 0 fully saturated rings. The van der Waals surface area contributed by atoms with Gasteiger partial charge < -0.3 is 14.4 Å². The average Bonchev–Trinajstić information content (AvgIpc) is 2.40. The molecule has 0 bridgehead atoms. The first-order valence-corrected chi connectivity index (χ1v) is 6.83. The number of benzene rings is 1. The van der Waals surface area contributed by atoms with Crippen LogP contribution in [0, 0.1) is 6.92 Å². The fourth-order valence-corrected chi connectivity index (χ4v) is 2.43. The van der Waals surface area contributed by atoms with Gasteiger partial charge in [0.1, 0.15) is 5.75 Å². The van der Waals surface area contributed by atoms with Crippen molar-refractivity contribution in [2.75, 3.05) is 7.11 Å². The number of nitrogens with zero attached hydrogens (tertiary/aromatic N) is 1. The molecule has 0 aliphatic heterocycles. The molecule has 0 atom stereocenters. The first-order valence-electron chi connectivity index (χ1n) is 6.83. The van der Waals surface area contributed by atoms with Crippen LogP contribution in [0.15, 0.2) is 35.1 Å². The topological polar surface area (TPSA) is 51.5 Å². The molecule has 0 aliphatic carbocycles. The minimum absolute atomic E-state index is 0.187. The maximum Gasteiger partial charge on any atom is 0.256 e. The molecule has 4 heteroatoms. The molecule has 0 aliphatic rings. The number of hydrogen-bond donors (Lipinski definition) is 1. The first kappa shape index (κ1) is 15.3. The summed E-state index contributed by atoms with van der Waals surface area (Å²) in [5, 5.41) is 10.0. The van der Waals surface area contributed by atoms with Gasteiger partial charge >= 0.3 is 0 Å². The molecule has 2 rings (SSSR count). The Morgan fingerprint density at radius 1 is 1.19 bits per heavy atom. The molecule has 2 aromatic rings. The molecule has 0 saturated carbocycles. The number of ether oxygens (including phenoxy) is 1. The average molecular weight is 287 g/mol. The van der Waals surface area contributed by atoms with Gasteiger partial charge in [-0.2, -0.15) is 0 Å². The van der Waals surface area contributed by atoms with Crippen LogP contribution in [0.3, 0.4) is 0 Å². The maximum absolute atomic E-state index is 12.4. The minimum Gasteiger partial charge on any atom is -0.496 e. The van der Waals surface area contributed by atoms with Crippen LogP contribution in [0.25, 0.3) is 11.3 Å². The van der Waals surface area contributed by atoms with E-state index in [9.17, 15) is 9.90 Å². The zero-order chi connectivity index (χ0) is 15.8. The number of aliphatic hydroxyl groups is 1. The Bertz CT molecular complexity index is 724. The summed E-state index contributed by atoms with van der Waals surface area (Å²) in [5.74, 6) is 0.817. The number of aryl methyl sites for hydroxylation is 1. The van der Waals surface area contributed by atoms with E-state index >= 15 is 0 Å². The molecular weight excluding hydrogens is 266 g/mol. The Morgan fingerprint density at radius 2 is 1.86 bits per heavy atom. The molecule has 0 unspecified atom stereocenters. The van der Waals surface area contributed by atoms with Crippen molar-refractivity contribution >= 4 is 0 Å². The van der Waals surface area contributed by atoms with E-state index in [1.54, 1.807) is 38.6 Å². The largest absolute Gasteiger partial charge is 0.496 e. The summed E-state index contributed by atoms with van der Waals surface area (Å²) in [4.78, 5) is 12.4. The van der Waals surface area contributed by atoms with Crippen molar-refractivity contribution in [2.45, 2.75) is 26.4 Å². The van der Waals surface area contributed by atoms with Crippen molar-refractivity contribution in [3.63, 3.8) is 0 Å². The number of pyridine rings is 1. The predicted octanol–water partition coefficient (Wildman–Crippen LogP) is 2.60. The van der Waals surface area contributed by atoms with Crippen LogP contribution in [-0.4, -0.2) is 16.8 Å². The van der Waals surface area contributed by atoms with Crippen molar-refractivity contribution in [2.24, 2.45) is 7.05 Å². The van der Waals surface area contributed by atoms with Crippen LogP contribution in [0.5, 0.6) is 5.75 Å². The highest BCUT2D eigenvalue weighted by Gasteiger charge is 2.21. The molecule has 112 valence electrons. The normalized spacial score (nSPS) is 11.5. The first-order chi connectivity index (χ1) is 9.75. The highest BCUT2D eigenvalue weighted by Crippen LogP contribution is 2.26. The van der Waals surface area contributed by atoms with Crippen LogP contribution in [0.1, 0.15) is 25.0 Å². The van der Waals surface area contributed by atoms with Crippen LogP contribution < -0.4 is 10.3 Å². The van der Waals surface area contributed by atoms with E-state index in [2.05, 4.69) is 0 Å². The SMILES string of the molecule is COc1ccc(-c2ccc(C(C)(C)O)c(=O)n2C)cc1C. The van der Waals surface area contributed by atoms with Gasteiger partial charge in [0.2, 0.25) is 0 Å². The van der Waals surface area contributed by atoms with Crippen molar-refractivity contribution in [1.29, 1.82) is 0 Å². The summed E-state index contributed by atoms with van der Waals surface area (Å²) in [6, 6.07) is 9.34. The van der Waals surface area contributed by atoms with Gasteiger partial charge in [0, 0.05) is 12.6 Å². The van der Waals surface area contributed by atoms with E-state index in [1.165, 1.54) is 0 Å². The van der Waals surface area contributed by atoms with Crippen LogP contribution in [0.4, 0.5) is 0 Å². The van der Waals surface area contributed by atoms with Crippen molar-refractivity contribution in [3.05, 3.63) is 51.8 Å². The summed E-state index contributed by atoms with van der Waals surface area (Å²) in [5.41, 5.74) is 1.80. The monoisotopic (exact) mass is 287 g/mol. The number of rotatable bonds is 3. The molecule has 1 aromatic carbocycles. The highest BCUT2D eigenvalue weighted by molar-refractivity contribution is 5.62. The third kappa shape index (κ3) is 2.85. The minimum atomic E-state index is -1.15. The number of methoxy groups -OCH3 is 1. The molecule has 0 saturated heterocycles. The van der Waals surface area contributed by atoms with E-state index in [-0.39, 0.29) is 5.56 Å². The molecule has 4 nitrogen and oxygen atoms in total. The second-order valence-corrected chi connectivity index (χ2v) is 5.74. The summed E-state index contributed by atoms with van der Waals surface area (Å²) in [6.07, 6.45) is 0. The van der Waals surface area contributed by atoms with Crippen molar-refractivity contribution in [1.82, 2.24) is 4.57 Å². The van der Waals surface area contributed by atoms with Crippen LogP contribution >= 0.6 is 0 Å². The second kappa shape index (κ2) is 5.37. The zero-order valence-corrected chi connectivity index (χ0v) is 13.1. The Balaban J connectivity index is 2.59. The molecule has 0 radical (unpaired) electrons. The molecule has 1 N–H and O–H groups in total. The van der Waals surface area contributed by atoms with Gasteiger partial charge in [0.15, 0.2) is 0 Å². The standard InChI is InChI=1S/C17H21NO3/c1-11-10-12(6-9-15(11)21-5)14-8-7-13(17(2,3)20)16(19)18(14)4/h6-10,20H,1-5H3. The lowest BCUT2D eigenvalue weighted by Gasteiger charge is -2.19. The third-order valence-corrected chi connectivity index (χ3v) is 3.65. The van der Waals surface area contributed by atoms with E-state index in [4.69, 9.17) is 4.74 Å². The number of hydrogen-bond acceptors (Lipinski definition) is 3. The lowest BCUT2D eigenvalue weighted by molar-refractivity contribution is 0.0766. The van der Waals surface area contributed by atoms with Gasteiger partial charge in [-0.3, -0.25) is 4.79 Å². The molecule has 0 amide bonds. The van der Waals surface area contributed by atoms with Gasteiger partial charge in [-0.15, -0.1) is 0 Å². The lowest BCUT2D eigenvalue weighted by Crippen LogP contribution is -2.31. The van der Waals surface area contributed by atoms with E-state index in [0.29, 0.717) is 5.56 Å². The van der Waals surface area contributed by atoms with Gasteiger partial charge in [0.25, 0.3) is 5.56 Å². The maximum atomic E-state index is 12.4. The summed E-state index contributed by atoms with van der Waals surface area (Å²) in [7, 11) is 3.35. The van der Waals surface area contributed by atoms with Gasteiger partial charge in [0.05, 0.1) is 18.4 Å². The van der Waals surface area contributed by atoms with E-state index in [1.807, 2.05) is 31.2 Å². The Hall–Kier alpha value is -2.07. The summed E-state index contributed by atoms with van der Waals surface area (Å²) < 4.78 is 6.82. The Morgan fingerprint density at radius 3 is 2.38 bits per heavy atom. The Labute approximate surface area is 124 Å². The second-order valence-electron chi connectivity index (χ2n) is 5.74. The quantitative estimate of drug-likeness (QED) is 0.944. The summed E-state index contributed by atoms with van der Waals surface area (Å²) >= 11 is 0. The summed E-state index contributed by atoms with van der Waals surface area (Å²) in [6.45, 7) is 5.19. The van der Waals surface area contributed by atoms with E-state index < -0.39 is 5.60 Å². The smallest absolute Gasteiger partial charge is 0.256 e. The molecule has 0 spiro atoms. The van der Waals surface area contributed by atoms with Crippen LogP contribution in [-0.2, 0) is 12.6 Å². The predicted molar refractivity (Wildman–Crippen MR) is 83.7 cm³/mol. The molecule has 21 heavy (non-hydrogen) atoms. The van der Waals surface area contributed by atoms with Crippen LogP contribution in [0.2, 0.25) is 0 Å². The zero-order valence-electron chi connectivity index (χ0n) is 13.1. The van der Waals surface area contributed by atoms with Gasteiger partial charge in [-0.05, 0) is 62.2 Å². The fourth-order valence-electron chi connectivity index (χ4n) is 2.43. The van der Waals surface area contributed by atoms with Crippen molar-refractivity contribution in [3.8, 4) is 17.0 Å². The molecular formula is C17H21NO3.